The maximum Gasteiger partial charge on any atom is 0.241 e. The van der Waals surface area contributed by atoms with E-state index in [0.717, 1.165) is 19.3 Å². The molecule has 0 aliphatic rings. The van der Waals surface area contributed by atoms with Crippen molar-refractivity contribution in [2.24, 2.45) is 11.1 Å². The molecule has 0 fully saturated rings. The fourth-order valence-electron chi connectivity index (χ4n) is 2.08. The van der Waals surface area contributed by atoms with E-state index in [1.54, 1.807) is 0 Å². The zero-order valence-electron chi connectivity index (χ0n) is 13.4. The number of amides is 1. The molecule has 1 heterocycles. The van der Waals surface area contributed by atoms with Crippen LogP contribution in [0.3, 0.4) is 0 Å². The molecule has 0 radical (unpaired) electrons. The van der Waals surface area contributed by atoms with Crippen LogP contribution < -0.4 is 10.5 Å². The minimum Gasteiger partial charge on any atom is -0.354 e. The van der Waals surface area contributed by atoms with Crippen LogP contribution in [0.15, 0.2) is 17.3 Å². The van der Waals surface area contributed by atoms with E-state index in [1.807, 2.05) is 6.92 Å². The molecule has 1 atom stereocenters. The second-order valence-corrected chi connectivity index (χ2v) is 7.59. The van der Waals surface area contributed by atoms with Gasteiger partial charge in [0.25, 0.3) is 0 Å². The number of carbonyl (C=O) groups is 1. The second kappa shape index (κ2) is 8.28. The summed E-state index contributed by atoms with van der Waals surface area (Å²) < 4.78 is 23.7. The van der Waals surface area contributed by atoms with Gasteiger partial charge in [0.1, 0.15) is 4.90 Å². The van der Waals surface area contributed by atoms with Gasteiger partial charge in [-0.3, -0.25) is 9.48 Å². The number of aromatic nitrogens is 2. The van der Waals surface area contributed by atoms with Crippen LogP contribution in [0.1, 0.15) is 46.5 Å². The average Bonchev–Trinajstić information content (AvgIpc) is 2.84. The van der Waals surface area contributed by atoms with Crippen LogP contribution >= 0.6 is 0 Å². The van der Waals surface area contributed by atoms with Crippen molar-refractivity contribution >= 4 is 15.9 Å². The van der Waals surface area contributed by atoms with E-state index in [4.69, 9.17) is 5.14 Å². The lowest BCUT2D eigenvalue weighted by atomic mass is 10.0. The van der Waals surface area contributed by atoms with E-state index in [-0.39, 0.29) is 23.3 Å². The Morgan fingerprint density at radius 3 is 2.59 bits per heavy atom. The molecule has 0 spiro atoms. The van der Waals surface area contributed by atoms with Crippen molar-refractivity contribution in [3.05, 3.63) is 12.4 Å². The fraction of sp³-hybridized carbons (Fsp3) is 0.714. The summed E-state index contributed by atoms with van der Waals surface area (Å²) in [5.74, 6) is 0.612. The molecule has 0 unspecified atom stereocenters. The topological polar surface area (TPSA) is 107 Å². The van der Waals surface area contributed by atoms with Gasteiger partial charge in [0.15, 0.2) is 0 Å². The number of nitrogens with two attached hydrogens (primary N) is 1. The highest BCUT2D eigenvalue weighted by Crippen LogP contribution is 2.08. The van der Waals surface area contributed by atoms with Crippen LogP contribution in [0.4, 0.5) is 0 Å². The number of aryl methyl sites for hydroxylation is 1. The van der Waals surface area contributed by atoms with Crippen molar-refractivity contribution in [3.8, 4) is 0 Å². The largest absolute Gasteiger partial charge is 0.354 e. The lowest BCUT2D eigenvalue weighted by Crippen LogP contribution is -2.33. The molecule has 3 N–H and O–H groups in total. The molecular formula is C14H26N4O3S. The van der Waals surface area contributed by atoms with Crippen molar-refractivity contribution < 1.29 is 13.2 Å². The van der Waals surface area contributed by atoms with Gasteiger partial charge in [0, 0.05) is 25.2 Å². The average molecular weight is 330 g/mol. The number of hydrogen-bond acceptors (Lipinski definition) is 4. The van der Waals surface area contributed by atoms with Gasteiger partial charge in [-0.2, -0.15) is 5.10 Å². The Balaban J connectivity index is 2.32. The highest BCUT2D eigenvalue weighted by molar-refractivity contribution is 7.89. The van der Waals surface area contributed by atoms with Crippen molar-refractivity contribution in [1.29, 1.82) is 0 Å². The standard InChI is InChI=1S/C14H26N4O3S/c1-11(2)5-4-6-12(3)17-14(19)7-8-18-10-13(9-16-18)22(15,20)21/h9-12H,4-8H2,1-3H3,(H,17,19)(H2,15,20,21)/t12-/m1/s1. The van der Waals surface area contributed by atoms with Gasteiger partial charge < -0.3 is 5.32 Å². The normalized spacial score (nSPS) is 13.3. The molecule has 0 aliphatic heterocycles. The highest BCUT2D eigenvalue weighted by atomic mass is 32.2. The minimum atomic E-state index is -3.74. The van der Waals surface area contributed by atoms with E-state index in [2.05, 4.69) is 24.3 Å². The van der Waals surface area contributed by atoms with Crippen LogP contribution in [0.2, 0.25) is 0 Å². The van der Waals surface area contributed by atoms with Gasteiger partial charge in [-0.25, -0.2) is 13.6 Å². The smallest absolute Gasteiger partial charge is 0.241 e. The Bertz CT molecular complexity index is 581. The molecule has 0 saturated heterocycles. The Labute approximate surface area is 132 Å². The van der Waals surface area contributed by atoms with Crippen LogP contribution in [0.5, 0.6) is 0 Å². The Morgan fingerprint density at radius 2 is 2.05 bits per heavy atom. The summed E-state index contributed by atoms with van der Waals surface area (Å²) in [6.45, 7) is 6.68. The van der Waals surface area contributed by atoms with Crippen molar-refractivity contribution in [3.63, 3.8) is 0 Å². The summed E-state index contributed by atoms with van der Waals surface area (Å²) in [4.78, 5) is 11.8. The summed E-state index contributed by atoms with van der Waals surface area (Å²) in [6, 6.07) is 0.142. The third-order valence-corrected chi connectivity index (χ3v) is 4.20. The van der Waals surface area contributed by atoms with Crippen LogP contribution in [-0.2, 0) is 21.4 Å². The van der Waals surface area contributed by atoms with Crippen LogP contribution in [0.25, 0.3) is 0 Å². The third-order valence-electron chi connectivity index (χ3n) is 3.33. The Kier molecular flexibility index (Phi) is 7.02. The summed E-state index contributed by atoms with van der Waals surface area (Å²) in [5, 5.41) is 11.8. The summed E-state index contributed by atoms with van der Waals surface area (Å²) in [5.41, 5.74) is 0. The molecule has 126 valence electrons. The van der Waals surface area contributed by atoms with Crippen LogP contribution in [0, 0.1) is 5.92 Å². The van der Waals surface area contributed by atoms with E-state index in [1.165, 1.54) is 17.1 Å². The Morgan fingerprint density at radius 1 is 1.36 bits per heavy atom. The summed E-state index contributed by atoms with van der Waals surface area (Å²) in [6.07, 6.45) is 5.97. The molecule has 0 aromatic carbocycles. The zero-order chi connectivity index (χ0) is 16.8. The second-order valence-electron chi connectivity index (χ2n) is 6.03. The number of nitrogens with one attached hydrogen (secondary N) is 1. The first-order chi connectivity index (χ1) is 10.2. The minimum absolute atomic E-state index is 0.0463. The predicted molar refractivity (Wildman–Crippen MR) is 84.5 cm³/mol. The first kappa shape index (κ1) is 18.6. The highest BCUT2D eigenvalue weighted by Gasteiger charge is 2.12. The van der Waals surface area contributed by atoms with E-state index in [0.29, 0.717) is 12.5 Å². The number of rotatable bonds is 9. The van der Waals surface area contributed by atoms with E-state index < -0.39 is 10.0 Å². The molecule has 0 bridgehead atoms. The predicted octanol–water partition coefficient (Wildman–Crippen LogP) is 1.25. The zero-order valence-corrected chi connectivity index (χ0v) is 14.3. The molecule has 1 aromatic heterocycles. The maximum atomic E-state index is 11.8. The molecular weight excluding hydrogens is 304 g/mol. The molecule has 8 heteroatoms. The number of nitrogens with zero attached hydrogens (tertiary/aromatic N) is 2. The summed E-state index contributed by atoms with van der Waals surface area (Å²) >= 11 is 0. The fourth-order valence-corrected chi connectivity index (χ4v) is 2.54. The molecule has 1 amide bonds. The third kappa shape index (κ3) is 7.04. The first-order valence-electron chi connectivity index (χ1n) is 7.53. The molecule has 0 saturated carbocycles. The Hall–Kier alpha value is -1.41. The van der Waals surface area contributed by atoms with Gasteiger partial charge in [-0.15, -0.1) is 0 Å². The van der Waals surface area contributed by atoms with Gasteiger partial charge in [-0.1, -0.05) is 26.7 Å². The van der Waals surface area contributed by atoms with Gasteiger partial charge >= 0.3 is 0 Å². The number of primary sulfonamides is 1. The SMILES string of the molecule is CC(C)CCC[C@@H](C)NC(=O)CCn1cc(S(N)(=O)=O)cn1. The maximum absolute atomic E-state index is 11.8. The molecule has 1 aromatic rings. The van der Waals surface area contributed by atoms with Gasteiger partial charge in [-0.05, 0) is 19.3 Å². The van der Waals surface area contributed by atoms with Crippen LogP contribution in [-0.4, -0.2) is 30.1 Å². The lowest BCUT2D eigenvalue weighted by Gasteiger charge is -2.14. The number of carbonyl (C=O) groups excluding carboxylic acids is 1. The van der Waals surface area contributed by atoms with Crippen molar-refractivity contribution in [1.82, 2.24) is 15.1 Å². The molecule has 0 aliphatic carbocycles. The monoisotopic (exact) mass is 330 g/mol. The lowest BCUT2D eigenvalue weighted by molar-refractivity contribution is -0.122. The van der Waals surface area contributed by atoms with Crippen molar-refractivity contribution in [2.75, 3.05) is 0 Å². The van der Waals surface area contributed by atoms with Gasteiger partial charge in [0.2, 0.25) is 15.9 Å². The number of sulfonamides is 1. The van der Waals surface area contributed by atoms with Crippen molar-refractivity contribution in [2.45, 2.75) is 63.9 Å². The molecule has 22 heavy (non-hydrogen) atoms. The van der Waals surface area contributed by atoms with E-state index >= 15 is 0 Å². The molecule has 7 nitrogen and oxygen atoms in total. The molecule has 1 rings (SSSR count). The summed E-state index contributed by atoms with van der Waals surface area (Å²) in [7, 11) is -3.74. The number of hydrogen-bond donors (Lipinski definition) is 2. The quantitative estimate of drug-likeness (QED) is 0.710. The van der Waals surface area contributed by atoms with E-state index in [9.17, 15) is 13.2 Å². The van der Waals surface area contributed by atoms with Gasteiger partial charge in [0.05, 0.1) is 6.20 Å². The first-order valence-corrected chi connectivity index (χ1v) is 9.07.